The minimum atomic E-state index is 0.558. The fourth-order valence-electron chi connectivity index (χ4n) is 2.89. The average molecular weight is 261 g/mol. The Balaban J connectivity index is 2.93. The van der Waals surface area contributed by atoms with Crippen LogP contribution in [0.15, 0.2) is 18.2 Å². The molecule has 1 rings (SSSR count). The van der Waals surface area contributed by atoms with E-state index in [1.807, 2.05) is 0 Å². The second-order valence-corrected chi connectivity index (χ2v) is 6.36. The number of hydrogen-bond donors (Lipinski definition) is 1. The van der Waals surface area contributed by atoms with Gasteiger partial charge in [-0.2, -0.15) is 0 Å². The molecule has 108 valence electrons. The van der Waals surface area contributed by atoms with Crippen LogP contribution in [0.25, 0.3) is 0 Å². The normalized spacial score (nSPS) is 14.7. The molecule has 0 aliphatic heterocycles. The van der Waals surface area contributed by atoms with Gasteiger partial charge in [-0.05, 0) is 31.2 Å². The van der Waals surface area contributed by atoms with E-state index < -0.39 is 0 Å². The molecule has 0 saturated carbocycles. The van der Waals surface area contributed by atoms with Crippen LogP contribution in [-0.2, 0) is 0 Å². The Hall–Kier alpha value is -0.820. The molecule has 0 bridgehead atoms. The summed E-state index contributed by atoms with van der Waals surface area (Å²) in [4.78, 5) is 0. The Kier molecular flexibility index (Phi) is 6.57. The van der Waals surface area contributed by atoms with Crippen molar-refractivity contribution in [2.75, 3.05) is 6.54 Å². The van der Waals surface area contributed by atoms with Crippen molar-refractivity contribution < 1.29 is 0 Å². The number of hydrogen-bond acceptors (Lipinski definition) is 1. The van der Waals surface area contributed by atoms with Crippen LogP contribution in [0.3, 0.4) is 0 Å². The molecule has 0 aliphatic rings. The van der Waals surface area contributed by atoms with Gasteiger partial charge >= 0.3 is 0 Å². The summed E-state index contributed by atoms with van der Waals surface area (Å²) in [6.07, 6.45) is 2.57. The highest BCUT2D eigenvalue weighted by atomic mass is 14.9. The van der Waals surface area contributed by atoms with Gasteiger partial charge in [-0.25, -0.2) is 0 Å². The van der Waals surface area contributed by atoms with Crippen LogP contribution in [0.4, 0.5) is 0 Å². The molecule has 1 aromatic rings. The summed E-state index contributed by atoms with van der Waals surface area (Å²) in [5, 5.41) is 3.62. The molecule has 1 nitrogen and oxygen atoms in total. The quantitative estimate of drug-likeness (QED) is 0.742. The van der Waals surface area contributed by atoms with E-state index in [0.29, 0.717) is 12.0 Å². The maximum atomic E-state index is 3.62. The second kappa shape index (κ2) is 7.69. The third-order valence-electron chi connectivity index (χ3n) is 3.85. The summed E-state index contributed by atoms with van der Waals surface area (Å²) in [7, 11) is 0. The monoisotopic (exact) mass is 261 g/mol. The fraction of sp³-hybridized carbons (Fsp3) is 0.667. The molecule has 0 amide bonds. The lowest BCUT2D eigenvalue weighted by Crippen LogP contribution is -2.30. The SMILES string of the molecule is CCCC(C)C(CNC(C)C)c1cc(C)cc(C)c1. The lowest BCUT2D eigenvalue weighted by Gasteiger charge is -2.26. The van der Waals surface area contributed by atoms with Gasteiger partial charge in [0.15, 0.2) is 0 Å². The molecule has 2 atom stereocenters. The fourth-order valence-corrected chi connectivity index (χ4v) is 2.89. The third-order valence-corrected chi connectivity index (χ3v) is 3.85. The minimum absolute atomic E-state index is 0.558. The van der Waals surface area contributed by atoms with E-state index in [-0.39, 0.29) is 0 Å². The summed E-state index contributed by atoms with van der Waals surface area (Å²) in [6.45, 7) is 14.6. The predicted molar refractivity (Wildman–Crippen MR) is 85.9 cm³/mol. The van der Waals surface area contributed by atoms with Crippen molar-refractivity contribution in [2.45, 2.75) is 66.3 Å². The Bertz CT molecular complexity index is 361. The molecule has 0 aromatic heterocycles. The van der Waals surface area contributed by atoms with Gasteiger partial charge in [0.2, 0.25) is 0 Å². The Labute approximate surface area is 119 Å². The van der Waals surface area contributed by atoms with Crippen molar-refractivity contribution in [3.63, 3.8) is 0 Å². The van der Waals surface area contributed by atoms with Crippen molar-refractivity contribution in [3.8, 4) is 0 Å². The van der Waals surface area contributed by atoms with E-state index in [1.165, 1.54) is 29.5 Å². The minimum Gasteiger partial charge on any atom is -0.314 e. The van der Waals surface area contributed by atoms with Crippen LogP contribution in [0, 0.1) is 19.8 Å². The molecule has 0 aliphatic carbocycles. The molecule has 0 radical (unpaired) electrons. The number of nitrogens with one attached hydrogen (secondary N) is 1. The largest absolute Gasteiger partial charge is 0.314 e. The van der Waals surface area contributed by atoms with Crippen LogP contribution in [0.2, 0.25) is 0 Å². The topological polar surface area (TPSA) is 12.0 Å². The van der Waals surface area contributed by atoms with Gasteiger partial charge < -0.3 is 5.32 Å². The van der Waals surface area contributed by atoms with E-state index in [9.17, 15) is 0 Å². The standard InChI is InChI=1S/C18H31N/c1-7-8-16(6)18(12-19-13(2)3)17-10-14(4)9-15(5)11-17/h9-11,13,16,18-19H,7-8,12H2,1-6H3. The van der Waals surface area contributed by atoms with E-state index >= 15 is 0 Å². The molecular weight excluding hydrogens is 230 g/mol. The molecule has 1 aromatic carbocycles. The lowest BCUT2D eigenvalue weighted by atomic mass is 9.83. The number of aryl methyl sites for hydroxylation is 2. The van der Waals surface area contributed by atoms with Crippen LogP contribution in [0.1, 0.15) is 63.1 Å². The van der Waals surface area contributed by atoms with E-state index in [1.54, 1.807) is 0 Å². The van der Waals surface area contributed by atoms with Gasteiger partial charge in [0, 0.05) is 12.6 Å². The maximum Gasteiger partial charge on any atom is 0.00250 e. The van der Waals surface area contributed by atoms with Crippen molar-refractivity contribution in [2.24, 2.45) is 5.92 Å². The highest BCUT2D eigenvalue weighted by Gasteiger charge is 2.19. The first kappa shape index (κ1) is 16.2. The zero-order chi connectivity index (χ0) is 14.4. The summed E-state index contributed by atoms with van der Waals surface area (Å²) in [5.74, 6) is 1.36. The van der Waals surface area contributed by atoms with E-state index in [0.717, 1.165) is 12.5 Å². The molecule has 19 heavy (non-hydrogen) atoms. The highest BCUT2D eigenvalue weighted by molar-refractivity contribution is 5.31. The van der Waals surface area contributed by atoms with Crippen molar-refractivity contribution >= 4 is 0 Å². The van der Waals surface area contributed by atoms with Gasteiger partial charge in [-0.1, -0.05) is 69.9 Å². The molecule has 2 unspecified atom stereocenters. The Morgan fingerprint density at radius 2 is 1.58 bits per heavy atom. The molecule has 1 heteroatoms. The zero-order valence-corrected chi connectivity index (χ0v) is 13.6. The van der Waals surface area contributed by atoms with Crippen LogP contribution in [0.5, 0.6) is 0 Å². The molecular formula is C18H31N. The van der Waals surface area contributed by atoms with Crippen molar-refractivity contribution in [1.29, 1.82) is 0 Å². The molecule has 0 fully saturated rings. The first-order valence-electron chi connectivity index (χ1n) is 7.75. The van der Waals surface area contributed by atoms with Crippen LogP contribution in [-0.4, -0.2) is 12.6 Å². The predicted octanol–water partition coefficient (Wildman–Crippen LogP) is 4.82. The van der Waals surface area contributed by atoms with Crippen molar-refractivity contribution in [3.05, 3.63) is 34.9 Å². The van der Waals surface area contributed by atoms with Gasteiger partial charge in [-0.15, -0.1) is 0 Å². The highest BCUT2D eigenvalue weighted by Crippen LogP contribution is 2.29. The lowest BCUT2D eigenvalue weighted by molar-refractivity contribution is 0.392. The number of benzene rings is 1. The zero-order valence-electron chi connectivity index (χ0n) is 13.6. The Morgan fingerprint density at radius 1 is 1.00 bits per heavy atom. The molecule has 0 saturated heterocycles. The Morgan fingerprint density at radius 3 is 2.05 bits per heavy atom. The van der Waals surface area contributed by atoms with Gasteiger partial charge in [0.1, 0.15) is 0 Å². The van der Waals surface area contributed by atoms with Gasteiger partial charge in [0.25, 0.3) is 0 Å². The molecule has 0 spiro atoms. The summed E-state index contributed by atoms with van der Waals surface area (Å²) in [6, 6.07) is 7.56. The summed E-state index contributed by atoms with van der Waals surface area (Å²) in [5.41, 5.74) is 4.27. The maximum absolute atomic E-state index is 3.62. The van der Waals surface area contributed by atoms with Gasteiger partial charge in [0.05, 0.1) is 0 Å². The van der Waals surface area contributed by atoms with Gasteiger partial charge in [-0.3, -0.25) is 0 Å². The molecule has 1 N–H and O–H groups in total. The average Bonchev–Trinajstić information content (AvgIpc) is 2.27. The second-order valence-electron chi connectivity index (χ2n) is 6.36. The van der Waals surface area contributed by atoms with E-state index in [2.05, 4.69) is 65.1 Å². The van der Waals surface area contributed by atoms with E-state index in [4.69, 9.17) is 0 Å². The third kappa shape index (κ3) is 5.36. The first-order chi connectivity index (χ1) is 8.93. The summed E-state index contributed by atoms with van der Waals surface area (Å²) < 4.78 is 0. The summed E-state index contributed by atoms with van der Waals surface area (Å²) >= 11 is 0. The number of rotatable bonds is 7. The smallest absolute Gasteiger partial charge is 0.00250 e. The van der Waals surface area contributed by atoms with Crippen LogP contribution >= 0.6 is 0 Å². The van der Waals surface area contributed by atoms with Crippen molar-refractivity contribution in [1.82, 2.24) is 5.32 Å². The van der Waals surface area contributed by atoms with Crippen LogP contribution < -0.4 is 5.32 Å². The first-order valence-corrected chi connectivity index (χ1v) is 7.75. The molecule has 0 heterocycles.